The maximum Gasteiger partial charge on any atom is 0.131 e. The summed E-state index contributed by atoms with van der Waals surface area (Å²) in [5, 5.41) is 8.61. The molecule has 0 aliphatic carbocycles. The van der Waals surface area contributed by atoms with Crippen LogP contribution in [-0.2, 0) is 13.6 Å². The Morgan fingerprint density at radius 3 is 2.76 bits per heavy atom. The summed E-state index contributed by atoms with van der Waals surface area (Å²) in [7, 11) is 1.89. The molecule has 1 aromatic heterocycles. The number of nitrogens with zero attached hydrogens (tertiary/aromatic N) is 3. The Labute approximate surface area is 108 Å². The van der Waals surface area contributed by atoms with Gasteiger partial charge in [0, 0.05) is 44.3 Å². The van der Waals surface area contributed by atoms with E-state index in [2.05, 4.69) is 29.2 Å². The first kappa shape index (κ1) is 12.9. The average molecular weight is 257 g/mol. The molecule has 2 unspecified atom stereocenters. The lowest BCUT2D eigenvalue weighted by atomic mass is 10.1. The molecule has 96 valence electrons. The minimum absolute atomic E-state index is 0.543. The van der Waals surface area contributed by atoms with Crippen LogP contribution in [0.2, 0.25) is 5.15 Å². The molecule has 0 amide bonds. The molecule has 4 nitrogen and oxygen atoms in total. The van der Waals surface area contributed by atoms with Crippen LogP contribution in [0.1, 0.15) is 25.1 Å². The van der Waals surface area contributed by atoms with Crippen molar-refractivity contribution >= 4 is 11.6 Å². The van der Waals surface area contributed by atoms with E-state index in [0.29, 0.717) is 12.1 Å². The number of hydrogen-bond acceptors (Lipinski definition) is 3. The highest BCUT2D eigenvalue weighted by molar-refractivity contribution is 6.30. The number of aryl methyl sites for hydroxylation is 2. The molecule has 0 spiro atoms. The Balaban J connectivity index is 2.14. The molecule has 5 heteroatoms. The Kier molecular flexibility index (Phi) is 3.76. The van der Waals surface area contributed by atoms with Crippen LogP contribution < -0.4 is 5.32 Å². The van der Waals surface area contributed by atoms with E-state index in [1.165, 1.54) is 0 Å². The third-order valence-corrected chi connectivity index (χ3v) is 4.00. The van der Waals surface area contributed by atoms with Crippen molar-refractivity contribution in [3.05, 3.63) is 16.4 Å². The third-order valence-electron chi connectivity index (χ3n) is 3.52. The van der Waals surface area contributed by atoms with Crippen LogP contribution in [0.5, 0.6) is 0 Å². The molecule has 1 saturated heterocycles. The van der Waals surface area contributed by atoms with Crippen molar-refractivity contribution < 1.29 is 0 Å². The second-order valence-electron chi connectivity index (χ2n) is 5.07. The first-order chi connectivity index (χ1) is 7.99. The molecule has 1 aromatic rings. The molecule has 1 N–H and O–H groups in total. The van der Waals surface area contributed by atoms with Gasteiger partial charge >= 0.3 is 0 Å². The fourth-order valence-corrected chi connectivity index (χ4v) is 2.61. The molecule has 17 heavy (non-hydrogen) atoms. The van der Waals surface area contributed by atoms with E-state index in [4.69, 9.17) is 11.6 Å². The van der Waals surface area contributed by atoms with Crippen LogP contribution in [0.25, 0.3) is 0 Å². The van der Waals surface area contributed by atoms with E-state index in [9.17, 15) is 0 Å². The smallest absolute Gasteiger partial charge is 0.131 e. The Morgan fingerprint density at radius 1 is 1.47 bits per heavy atom. The maximum absolute atomic E-state index is 6.28. The van der Waals surface area contributed by atoms with E-state index < -0.39 is 0 Å². The number of aromatic nitrogens is 2. The monoisotopic (exact) mass is 256 g/mol. The van der Waals surface area contributed by atoms with Crippen LogP contribution in [0.15, 0.2) is 0 Å². The van der Waals surface area contributed by atoms with Crippen LogP contribution >= 0.6 is 11.6 Å². The summed E-state index contributed by atoms with van der Waals surface area (Å²) in [5.41, 5.74) is 2.20. The molecule has 1 aliphatic rings. The van der Waals surface area contributed by atoms with Crippen molar-refractivity contribution in [3.8, 4) is 0 Å². The maximum atomic E-state index is 6.28. The van der Waals surface area contributed by atoms with Crippen molar-refractivity contribution in [1.82, 2.24) is 20.0 Å². The van der Waals surface area contributed by atoms with Gasteiger partial charge in [-0.2, -0.15) is 5.10 Å². The summed E-state index contributed by atoms with van der Waals surface area (Å²) in [4.78, 5) is 2.47. The first-order valence-electron chi connectivity index (χ1n) is 6.14. The Morgan fingerprint density at radius 2 is 2.18 bits per heavy atom. The van der Waals surface area contributed by atoms with Crippen LogP contribution in [0, 0.1) is 6.92 Å². The van der Waals surface area contributed by atoms with Crippen molar-refractivity contribution in [2.24, 2.45) is 7.05 Å². The van der Waals surface area contributed by atoms with Gasteiger partial charge in [-0.1, -0.05) is 11.6 Å². The fourth-order valence-electron chi connectivity index (χ4n) is 2.37. The van der Waals surface area contributed by atoms with Gasteiger partial charge in [0.15, 0.2) is 0 Å². The number of halogens is 1. The number of nitrogens with one attached hydrogen (secondary N) is 1. The van der Waals surface area contributed by atoms with Gasteiger partial charge in [0.2, 0.25) is 0 Å². The molecule has 2 rings (SSSR count). The predicted octanol–water partition coefficient (Wildman–Crippen LogP) is 1.56. The lowest BCUT2D eigenvalue weighted by Gasteiger charge is -2.37. The highest BCUT2D eigenvalue weighted by atomic mass is 35.5. The van der Waals surface area contributed by atoms with E-state index in [1.807, 2.05) is 14.0 Å². The predicted molar refractivity (Wildman–Crippen MR) is 70.3 cm³/mol. The van der Waals surface area contributed by atoms with Gasteiger partial charge in [-0.05, 0) is 20.8 Å². The van der Waals surface area contributed by atoms with Crippen LogP contribution in [-0.4, -0.2) is 39.9 Å². The van der Waals surface area contributed by atoms with Gasteiger partial charge in [-0.25, -0.2) is 0 Å². The topological polar surface area (TPSA) is 33.1 Å². The van der Waals surface area contributed by atoms with E-state index in [0.717, 1.165) is 36.0 Å². The van der Waals surface area contributed by atoms with Crippen molar-refractivity contribution in [2.45, 2.75) is 39.4 Å². The van der Waals surface area contributed by atoms with E-state index in [-0.39, 0.29) is 0 Å². The molecule has 0 saturated carbocycles. The zero-order chi connectivity index (χ0) is 12.6. The molecule has 2 atom stereocenters. The molecule has 1 aliphatic heterocycles. The summed E-state index contributed by atoms with van der Waals surface area (Å²) in [6.07, 6.45) is 0. The molecule has 0 radical (unpaired) electrons. The van der Waals surface area contributed by atoms with Crippen molar-refractivity contribution in [2.75, 3.05) is 13.1 Å². The summed E-state index contributed by atoms with van der Waals surface area (Å²) < 4.78 is 1.75. The standard InChI is InChI=1S/C12H21ClN4/c1-8-6-17(9(2)5-14-8)7-11-10(3)15-16(4)12(11)13/h8-9,14H,5-7H2,1-4H3. The zero-order valence-corrected chi connectivity index (χ0v) is 11.8. The van der Waals surface area contributed by atoms with E-state index in [1.54, 1.807) is 4.68 Å². The van der Waals surface area contributed by atoms with Gasteiger partial charge in [0.05, 0.1) is 5.69 Å². The summed E-state index contributed by atoms with van der Waals surface area (Å²) >= 11 is 6.28. The fraction of sp³-hybridized carbons (Fsp3) is 0.750. The van der Waals surface area contributed by atoms with Crippen LogP contribution in [0.3, 0.4) is 0 Å². The molecule has 2 heterocycles. The normalized spacial score (nSPS) is 26.4. The molecular weight excluding hydrogens is 236 g/mol. The highest BCUT2D eigenvalue weighted by Crippen LogP contribution is 2.22. The molecule has 1 fully saturated rings. The van der Waals surface area contributed by atoms with Gasteiger partial charge in [0.25, 0.3) is 0 Å². The molecule has 0 aromatic carbocycles. The Hall–Kier alpha value is -0.580. The van der Waals surface area contributed by atoms with Gasteiger partial charge in [-0.15, -0.1) is 0 Å². The highest BCUT2D eigenvalue weighted by Gasteiger charge is 2.24. The van der Waals surface area contributed by atoms with Crippen molar-refractivity contribution in [3.63, 3.8) is 0 Å². The minimum Gasteiger partial charge on any atom is -0.311 e. The molecule has 0 bridgehead atoms. The van der Waals surface area contributed by atoms with Crippen molar-refractivity contribution in [1.29, 1.82) is 0 Å². The zero-order valence-electron chi connectivity index (χ0n) is 11.0. The van der Waals surface area contributed by atoms with E-state index >= 15 is 0 Å². The number of rotatable bonds is 2. The number of hydrogen-bond donors (Lipinski definition) is 1. The Bertz CT molecular complexity index is 401. The third kappa shape index (κ3) is 2.64. The lowest BCUT2D eigenvalue weighted by Crippen LogP contribution is -2.53. The lowest BCUT2D eigenvalue weighted by molar-refractivity contribution is 0.138. The van der Waals surface area contributed by atoms with Gasteiger partial charge in [0.1, 0.15) is 5.15 Å². The largest absolute Gasteiger partial charge is 0.311 e. The van der Waals surface area contributed by atoms with Crippen LogP contribution in [0.4, 0.5) is 0 Å². The second-order valence-corrected chi connectivity index (χ2v) is 5.42. The SMILES string of the molecule is Cc1nn(C)c(Cl)c1CN1CC(C)NCC1C. The molecular formula is C12H21ClN4. The average Bonchev–Trinajstić information content (AvgIpc) is 2.50. The minimum atomic E-state index is 0.543. The van der Waals surface area contributed by atoms with Gasteiger partial charge < -0.3 is 5.32 Å². The van der Waals surface area contributed by atoms with Gasteiger partial charge in [-0.3, -0.25) is 9.58 Å². The second kappa shape index (κ2) is 4.96. The number of piperazine rings is 1. The summed E-state index contributed by atoms with van der Waals surface area (Å²) in [6, 6.07) is 1.09. The first-order valence-corrected chi connectivity index (χ1v) is 6.52. The summed E-state index contributed by atoms with van der Waals surface area (Å²) in [5.74, 6) is 0. The quantitative estimate of drug-likeness (QED) is 0.872. The summed E-state index contributed by atoms with van der Waals surface area (Å²) in [6.45, 7) is 9.49.